The molecule has 1 heterocycles. The van der Waals surface area contributed by atoms with E-state index in [-0.39, 0.29) is 0 Å². The molecule has 4 rings (SSSR count). The van der Waals surface area contributed by atoms with Crippen molar-refractivity contribution in [2.75, 3.05) is 38.3 Å². The number of rotatable bonds is 7. The average molecular weight is 352 g/mol. The minimum Gasteiger partial charge on any atom is -0.497 e. The van der Waals surface area contributed by atoms with Crippen molar-refractivity contribution in [3.63, 3.8) is 0 Å². The Morgan fingerprint density at radius 2 is 1.73 bits per heavy atom. The lowest BCUT2D eigenvalue weighted by Crippen LogP contribution is -2.36. The van der Waals surface area contributed by atoms with E-state index in [0.717, 1.165) is 44.5 Å². The van der Waals surface area contributed by atoms with Crippen LogP contribution in [-0.4, -0.2) is 33.4 Å². The van der Waals surface area contributed by atoms with Crippen molar-refractivity contribution < 1.29 is 9.47 Å². The molecule has 1 saturated carbocycles. The minimum atomic E-state index is 0.430. The number of nitrogens with one attached hydrogen (secondary N) is 1. The summed E-state index contributed by atoms with van der Waals surface area (Å²) in [5.41, 5.74) is 3.99. The van der Waals surface area contributed by atoms with Gasteiger partial charge in [-0.1, -0.05) is 24.3 Å². The van der Waals surface area contributed by atoms with Crippen LogP contribution in [0.4, 0.5) is 5.69 Å². The van der Waals surface area contributed by atoms with Crippen molar-refractivity contribution in [1.29, 1.82) is 0 Å². The van der Waals surface area contributed by atoms with Crippen LogP contribution in [0.1, 0.15) is 30.0 Å². The summed E-state index contributed by atoms with van der Waals surface area (Å²) in [7, 11) is 1.71. The Hall–Kier alpha value is -2.04. The molecule has 0 radical (unpaired) electrons. The number of methoxy groups -OCH3 is 1. The second kappa shape index (κ2) is 8.11. The maximum absolute atomic E-state index is 5.44. The predicted octanol–water partition coefficient (Wildman–Crippen LogP) is 3.77. The molecule has 4 heteroatoms. The molecule has 1 atom stereocenters. The highest BCUT2D eigenvalue weighted by Crippen LogP contribution is 2.41. The Labute approximate surface area is 156 Å². The van der Waals surface area contributed by atoms with Crippen LogP contribution in [0.2, 0.25) is 0 Å². The van der Waals surface area contributed by atoms with E-state index in [9.17, 15) is 0 Å². The molecule has 1 aliphatic carbocycles. The Morgan fingerprint density at radius 1 is 1.04 bits per heavy atom. The predicted molar refractivity (Wildman–Crippen MR) is 105 cm³/mol. The first-order chi connectivity index (χ1) is 12.8. The third kappa shape index (κ3) is 4.19. The fraction of sp³-hybridized carbons (Fsp3) is 0.455. The standard InChI is InChI=1S/C22H28N2O2/c1-25-21-10-6-19(7-11-21)22(18-4-5-18)23-16-17-2-8-20(9-3-17)24-12-14-26-15-13-24/h2-3,6-11,18,22-23H,4-5,12-16H2,1H3. The first-order valence-electron chi connectivity index (χ1n) is 9.62. The summed E-state index contributed by atoms with van der Waals surface area (Å²) in [5.74, 6) is 1.68. The highest BCUT2D eigenvalue weighted by Gasteiger charge is 2.31. The summed E-state index contributed by atoms with van der Waals surface area (Å²) in [6.45, 7) is 4.52. The fourth-order valence-corrected chi connectivity index (χ4v) is 3.67. The highest BCUT2D eigenvalue weighted by atomic mass is 16.5. The Bertz CT molecular complexity index is 689. The first kappa shape index (κ1) is 17.4. The van der Waals surface area contributed by atoms with Crippen LogP contribution >= 0.6 is 0 Å². The molecule has 1 saturated heterocycles. The van der Waals surface area contributed by atoms with Crippen LogP contribution in [0.3, 0.4) is 0 Å². The number of hydrogen-bond acceptors (Lipinski definition) is 4. The third-order valence-corrected chi connectivity index (χ3v) is 5.41. The van der Waals surface area contributed by atoms with Gasteiger partial charge in [0, 0.05) is 31.4 Å². The van der Waals surface area contributed by atoms with Gasteiger partial charge in [0.15, 0.2) is 0 Å². The van der Waals surface area contributed by atoms with E-state index in [2.05, 4.69) is 58.7 Å². The van der Waals surface area contributed by atoms with Gasteiger partial charge in [-0.05, 0) is 54.2 Å². The fourth-order valence-electron chi connectivity index (χ4n) is 3.67. The summed E-state index contributed by atoms with van der Waals surface area (Å²) in [6.07, 6.45) is 2.64. The average Bonchev–Trinajstić information content (AvgIpc) is 3.55. The van der Waals surface area contributed by atoms with Crippen LogP contribution in [0.25, 0.3) is 0 Å². The van der Waals surface area contributed by atoms with Crippen LogP contribution in [0.15, 0.2) is 48.5 Å². The second-order valence-electron chi connectivity index (χ2n) is 7.24. The van der Waals surface area contributed by atoms with Gasteiger partial charge in [0.25, 0.3) is 0 Å². The molecule has 0 bridgehead atoms. The zero-order chi connectivity index (χ0) is 17.8. The molecule has 4 nitrogen and oxygen atoms in total. The number of hydrogen-bond donors (Lipinski definition) is 1. The van der Waals surface area contributed by atoms with Gasteiger partial charge < -0.3 is 19.7 Å². The van der Waals surface area contributed by atoms with Gasteiger partial charge in [0.1, 0.15) is 5.75 Å². The summed E-state index contributed by atoms with van der Waals surface area (Å²) >= 11 is 0. The molecule has 2 fully saturated rings. The van der Waals surface area contributed by atoms with Crippen LogP contribution < -0.4 is 15.0 Å². The van der Waals surface area contributed by atoms with Crippen molar-refractivity contribution in [3.05, 3.63) is 59.7 Å². The normalized spacial score (nSPS) is 18.6. The van der Waals surface area contributed by atoms with Crippen molar-refractivity contribution in [2.24, 2.45) is 5.92 Å². The quantitative estimate of drug-likeness (QED) is 0.822. The van der Waals surface area contributed by atoms with Crippen molar-refractivity contribution in [3.8, 4) is 5.75 Å². The molecule has 0 aromatic heterocycles. The van der Waals surface area contributed by atoms with Gasteiger partial charge >= 0.3 is 0 Å². The maximum Gasteiger partial charge on any atom is 0.118 e. The Morgan fingerprint density at radius 3 is 2.35 bits per heavy atom. The Balaban J connectivity index is 1.38. The molecule has 0 spiro atoms. The topological polar surface area (TPSA) is 33.7 Å². The molecule has 138 valence electrons. The van der Waals surface area contributed by atoms with E-state index >= 15 is 0 Å². The van der Waals surface area contributed by atoms with Gasteiger partial charge in [-0.25, -0.2) is 0 Å². The molecule has 26 heavy (non-hydrogen) atoms. The molecule has 1 N–H and O–H groups in total. The SMILES string of the molecule is COc1ccc(C(NCc2ccc(N3CCOCC3)cc2)C2CC2)cc1. The molecule has 0 amide bonds. The number of ether oxygens (including phenoxy) is 2. The van der Waals surface area contributed by atoms with Crippen molar-refractivity contribution >= 4 is 5.69 Å². The summed E-state index contributed by atoms with van der Waals surface area (Å²) in [4.78, 5) is 2.39. The lowest BCUT2D eigenvalue weighted by Gasteiger charge is -2.29. The smallest absolute Gasteiger partial charge is 0.118 e. The molecule has 1 unspecified atom stereocenters. The van der Waals surface area contributed by atoms with Crippen LogP contribution in [-0.2, 0) is 11.3 Å². The van der Waals surface area contributed by atoms with Gasteiger partial charge in [-0.3, -0.25) is 0 Å². The molecule has 1 aliphatic heterocycles. The van der Waals surface area contributed by atoms with E-state index in [4.69, 9.17) is 9.47 Å². The van der Waals surface area contributed by atoms with E-state index in [1.54, 1.807) is 7.11 Å². The minimum absolute atomic E-state index is 0.430. The van der Waals surface area contributed by atoms with Gasteiger partial charge in [0.2, 0.25) is 0 Å². The molecule has 2 aliphatic rings. The van der Waals surface area contributed by atoms with Gasteiger partial charge in [-0.2, -0.15) is 0 Å². The largest absolute Gasteiger partial charge is 0.497 e. The second-order valence-corrected chi connectivity index (χ2v) is 7.24. The van der Waals surface area contributed by atoms with Gasteiger partial charge in [-0.15, -0.1) is 0 Å². The van der Waals surface area contributed by atoms with E-state index < -0.39 is 0 Å². The summed E-state index contributed by atoms with van der Waals surface area (Å²) < 4.78 is 10.7. The van der Waals surface area contributed by atoms with E-state index in [1.807, 2.05) is 0 Å². The zero-order valence-electron chi connectivity index (χ0n) is 15.5. The highest BCUT2D eigenvalue weighted by molar-refractivity contribution is 5.48. The van der Waals surface area contributed by atoms with Crippen molar-refractivity contribution in [2.45, 2.75) is 25.4 Å². The first-order valence-corrected chi connectivity index (χ1v) is 9.62. The summed E-state index contributed by atoms with van der Waals surface area (Å²) in [6, 6.07) is 17.9. The maximum atomic E-state index is 5.44. The molecular formula is C22H28N2O2. The number of anilines is 1. The lowest BCUT2D eigenvalue weighted by atomic mass is 10.0. The van der Waals surface area contributed by atoms with Crippen LogP contribution in [0.5, 0.6) is 5.75 Å². The number of benzene rings is 2. The van der Waals surface area contributed by atoms with E-state index in [0.29, 0.717) is 6.04 Å². The Kier molecular flexibility index (Phi) is 5.42. The monoisotopic (exact) mass is 352 g/mol. The van der Waals surface area contributed by atoms with Crippen LogP contribution in [0, 0.1) is 5.92 Å². The van der Waals surface area contributed by atoms with Gasteiger partial charge in [0.05, 0.1) is 20.3 Å². The molecule has 2 aromatic rings. The molecular weight excluding hydrogens is 324 g/mol. The number of nitrogens with zero attached hydrogens (tertiary/aromatic N) is 1. The van der Waals surface area contributed by atoms with Crippen molar-refractivity contribution in [1.82, 2.24) is 5.32 Å². The lowest BCUT2D eigenvalue weighted by molar-refractivity contribution is 0.122. The zero-order valence-corrected chi connectivity index (χ0v) is 15.5. The third-order valence-electron chi connectivity index (χ3n) is 5.41. The van der Waals surface area contributed by atoms with E-state index in [1.165, 1.54) is 29.7 Å². The number of morpholine rings is 1. The summed E-state index contributed by atoms with van der Waals surface area (Å²) in [5, 5.41) is 3.78. The molecule has 2 aromatic carbocycles.